The highest BCUT2D eigenvalue weighted by Crippen LogP contribution is 2.11. The smallest absolute Gasteiger partial charge is 0.234 e. The maximum absolute atomic E-state index is 5.45. The highest BCUT2D eigenvalue weighted by molar-refractivity contribution is 9.10. The number of hydrogen-bond donors (Lipinski definition) is 1. The minimum Gasteiger partial charge on any atom is -0.330 e. The Bertz CT molecular complexity index is 423. The van der Waals surface area contributed by atoms with Crippen molar-refractivity contribution < 1.29 is 0 Å². The maximum Gasteiger partial charge on any atom is 0.234 e. The highest BCUT2D eigenvalue weighted by Gasteiger charge is 2.01. The van der Waals surface area contributed by atoms with Crippen molar-refractivity contribution in [3.63, 3.8) is 0 Å². The van der Waals surface area contributed by atoms with Crippen LogP contribution in [0, 0.1) is 0 Å². The number of hydrogen-bond acceptors (Lipinski definition) is 3. The van der Waals surface area contributed by atoms with E-state index in [4.69, 9.17) is 5.73 Å². The molecule has 13 heavy (non-hydrogen) atoms. The van der Waals surface area contributed by atoms with Gasteiger partial charge in [0, 0.05) is 12.4 Å². The molecule has 0 saturated heterocycles. The van der Waals surface area contributed by atoms with Gasteiger partial charge in [0.25, 0.3) is 0 Å². The first-order valence-corrected chi connectivity index (χ1v) is 4.78. The summed E-state index contributed by atoms with van der Waals surface area (Å²) in [7, 11) is 0. The number of fused-ring (bicyclic) bond motifs is 1. The van der Waals surface area contributed by atoms with Crippen molar-refractivity contribution in [2.45, 2.75) is 6.42 Å². The van der Waals surface area contributed by atoms with Gasteiger partial charge in [0.15, 0.2) is 0 Å². The van der Waals surface area contributed by atoms with E-state index in [1.54, 1.807) is 6.20 Å². The molecule has 4 nitrogen and oxygen atoms in total. The Hall–Kier alpha value is -0.940. The molecule has 2 rings (SSSR count). The first-order valence-electron chi connectivity index (χ1n) is 3.99. The average Bonchev–Trinajstić information content (AvgIpc) is 2.49. The molecule has 2 aromatic heterocycles. The molecule has 0 bridgehead atoms. The molecule has 0 amide bonds. The van der Waals surface area contributed by atoms with Crippen LogP contribution in [0.2, 0.25) is 0 Å². The third-order valence-corrected chi connectivity index (χ3v) is 2.39. The fraction of sp³-hybridized carbons (Fsp3) is 0.250. The van der Waals surface area contributed by atoms with Crippen molar-refractivity contribution in [2.75, 3.05) is 6.54 Å². The zero-order chi connectivity index (χ0) is 9.26. The van der Waals surface area contributed by atoms with E-state index in [0.29, 0.717) is 12.3 Å². The number of rotatable bonds is 2. The fourth-order valence-corrected chi connectivity index (χ4v) is 1.54. The Labute approximate surface area is 83.9 Å². The lowest BCUT2D eigenvalue weighted by Gasteiger charge is -1.99. The van der Waals surface area contributed by atoms with Crippen molar-refractivity contribution in [3.8, 4) is 0 Å². The molecule has 0 aromatic carbocycles. The first-order chi connectivity index (χ1) is 6.31. The van der Waals surface area contributed by atoms with Gasteiger partial charge in [-0.15, -0.1) is 0 Å². The Morgan fingerprint density at radius 2 is 2.15 bits per heavy atom. The van der Waals surface area contributed by atoms with Crippen LogP contribution >= 0.6 is 15.9 Å². The molecule has 0 aliphatic rings. The summed E-state index contributed by atoms with van der Waals surface area (Å²) in [5.41, 5.74) is 6.57. The second-order valence-corrected chi connectivity index (χ2v) is 3.56. The van der Waals surface area contributed by atoms with E-state index in [0.717, 1.165) is 16.6 Å². The molecule has 0 aliphatic heterocycles. The molecule has 0 spiro atoms. The van der Waals surface area contributed by atoms with Gasteiger partial charge in [-0.25, -0.2) is 9.97 Å². The minimum absolute atomic E-state index is 0.638. The van der Waals surface area contributed by atoms with E-state index in [-0.39, 0.29) is 0 Å². The van der Waals surface area contributed by atoms with Gasteiger partial charge in [-0.05, 0) is 34.5 Å². The van der Waals surface area contributed by atoms with Crippen LogP contribution in [0.3, 0.4) is 0 Å². The maximum atomic E-state index is 5.45. The van der Waals surface area contributed by atoms with Gasteiger partial charge in [0.2, 0.25) is 5.78 Å². The van der Waals surface area contributed by atoms with Crippen molar-refractivity contribution in [1.82, 2.24) is 14.4 Å². The fourth-order valence-electron chi connectivity index (χ4n) is 1.18. The SMILES string of the molecule is NCCc1cnc2ncc(Br)n2c1. The number of nitrogens with zero attached hydrogens (tertiary/aromatic N) is 3. The molecule has 0 aliphatic carbocycles. The van der Waals surface area contributed by atoms with E-state index in [2.05, 4.69) is 25.9 Å². The summed E-state index contributed by atoms with van der Waals surface area (Å²) in [6, 6.07) is 0. The lowest BCUT2D eigenvalue weighted by atomic mass is 10.2. The molecule has 0 radical (unpaired) electrons. The van der Waals surface area contributed by atoms with Crippen molar-refractivity contribution >= 4 is 21.7 Å². The Morgan fingerprint density at radius 3 is 2.92 bits per heavy atom. The molecule has 0 unspecified atom stereocenters. The van der Waals surface area contributed by atoms with E-state index in [9.17, 15) is 0 Å². The summed E-state index contributed by atoms with van der Waals surface area (Å²) in [6.45, 7) is 0.638. The van der Waals surface area contributed by atoms with Gasteiger partial charge in [0.05, 0.1) is 6.20 Å². The van der Waals surface area contributed by atoms with E-state index in [1.165, 1.54) is 0 Å². The van der Waals surface area contributed by atoms with Crippen LogP contribution in [-0.2, 0) is 6.42 Å². The zero-order valence-corrected chi connectivity index (χ0v) is 8.53. The molecule has 68 valence electrons. The van der Waals surface area contributed by atoms with Gasteiger partial charge in [0.1, 0.15) is 4.60 Å². The molecular formula is C8H9BrN4. The molecule has 2 N–H and O–H groups in total. The molecule has 0 fully saturated rings. The quantitative estimate of drug-likeness (QED) is 0.853. The zero-order valence-electron chi connectivity index (χ0n) is 6.94. The lowest BCUT2D eigenvalue weighted by Crippen LogP contribution is -2.04. The number of nitrogens with two attached hydrogens (primary N) is 1. The number of imidazole rings is 1. The number of aromatic nitrogens is 3. The summed E-state index contributed by atoms with van der Waals surface area (Å²) < 4.78 is 2.80. The molecule has 2 heterocycles. The number of halogens is 1. The van der Waals surface area contributed by atoms with Crippen LogP contribution in [-0.4, -0.2) is 20.9 Å². The normalized spacial score (nSPS) is 10.9. The van der Waals surface area contributed by atoms with Crippen molar-refractivity contribution in [2.24, 2.45) is 5.73 Å². The summed E-state index contributed by atoms with van der Waals surface area (Å²) in [5, 5.41) is 0. The third-order valence-electron chi connectivity index (χ3n) is 1.81. The highest BCUT2D eigenvalue weighted by atomic mass is 79.9. The predicted molar refractivity (Wildman–Crippen MR) is 53.4 cm³/mol. The Kier molecular flexibility index (Phi) is 2.28. The van der Waals surface area contributed by atoms with Gasteiger partial charge >= 0.3 is 0 Å². The van der Waals surface area contributed by atoms with Crippen LogP contribution in [0.5, 0.6) is 0 Å². The monoisotopic (exact) mass is 240 g/mol. The van der Waals surface area contributed by atoms with E-state index in [1.807, 2.05) is 16.8 Å². The van der Waals surface area contributed by atoms with Gasteiger partial charge in [-0.2, -0.15) is 0 Å². The van der Waals surface area contributed by atoms with Crippen LogP contribution < -0.4 is 5.73 Å². The van der Waals surface area contributed by atoms with Crippen LogP contribution in [0.1, 0.15) is 5.56 Å². The van der Waals surface area contributed by atoms with E-state index < -0.39 is 0 Å². The van der Waals surface area contributed by atoms with Crippen LogP contribution in [0.15, 0.2) is 23.2 Å². The Balaban J connectivity index is 2.53. The van der Waals surface area contributed by atoms with Crippen molar-refractivity contribution in [1.29, 1.82) is 0 Å². The molecule has 0 atom stereocenters. The predicted octanol–water partition coefficient (Wildman–Crippen LogP) is 0.993. The minimum atomic E-state index is 0.638. The summed E-state index contributed by atoms with van der Waals surface area (Å²) in [4.78, 5) is 8.28. The van der Waals surface area contributed by atoms with Crippen molar-refractivity contribution in [3.05, 3.63) is 28.8 Å². The second-order valence-electron chi connectivity index (χ2n) is 2.75. The summed E-state index contributed by atoms with van der Waals surface area (Å²) in [5.74, 6) is 0.702. The van der Waals surface area contributed by atoms with E-state index >= 15 is 0 Å². The van der Waals surface area contributed by atoms with Gasteiger partial charge < -0.3 is 5.73 Å². The first kappa shape index (κ1) is 8.65. The summed E-state index contributed by atoms with van der Waals surface area (Å²) in [6.07, 6.45) is 6.37. The third kappa shape index (κ3) is 1.57. The summed E-state index contributed by atoms with van der Waals surface area (Å²) >= 11 is 3.38. The van der Waals surface area contributed by atoms with Crippen LogP contribution in [0.4, 0.5) is 0 Å². The largest absolute Gasteiger partial charge is 0.330 e. The average molecular weight is 241 g/mol. The second kappa shape index (κ2) is 3.43. The Morgan fingerprint density at radius 1 is 1.38 bits per heavy atom. The lowest BCUT2D eigenvalue weighted by molar-refractivity contribution is 0.930. The topological polar surface area (TPSA) is 56.2 Å². The molecular weight excluding hydrogens is 232 g/mol. The molecule has 0 saturated carbocycles. The van der Waals surface area contributed by atoms with Crippen LogP contribution in [0.25, 0.3) is 5.78 Å². The standard InChI is InChI=1S/C8H9BrN4/c9-7-4-12-8-11-3-6(1-2-10)5-13(7)8/h3-5H,1-2,10H2. The molecule has 2 aromatic rings. The van der Waals surface area contributed by atoms with Gasteiger partial charge in [-0.1, -0.05) is 0 Å². The molecule has 5 heteroatoms. The van der Waals surface area contributed by atoms with Gasteiger partial charge in [-0.3, -0.25) is 4.40 Å².